The van der Waals surface area contributed by atoms with E-state index in [1.54, 1.807) is 0 Å². The first-order chi connectivity index (χ1) is 31.6. The van der Waals surface area contributed by atoms with E-state index in [0.29, 0.717) is 13.0 Å². The first-order valence-corrected chi connectivity index (χ1v) is 26.4. The van der Waals surface area contributed by atoms with Crippen molar-refractivity contribution in [2.24, 2.45) is 0 Å². The highest BCUT2D eigenvalue weighted by Crippen LogP contribution is 2.15. The molecular formula is C59H98O5. The van der Waals surface area contributed by atoms with E-state index in [9.17, 15) is 9.59 Å². The maximum atomic E-state index is 12.7. The summed E-state index contributed by atoms with van der Waals surface area (Å²) in [7, 11) is 0. The number of rotatable bonds is 47. The maximum absolute atomic E-state index is 12.7. The van der Waals surface area contributed by atoms with Crippen LogP contribution in [-0.2, 0) is 23.8 Å². The highest BCUT2D eigenvalue weighted by molar-refractivity contribution is 5.71. The quantitative estimate of drug-likeness (QED) is 0.0346. The molecule has 0 fully saturated rings. The Morgan fingerprint density at radius 2 is 0.719 bits per heavy atom. The molecule has 5 heteroatoms. The number of hydrogen-bond acceptors (Lipinski definition) is 5. The lowest BCUT2D eigenvalue weighted by Crippen LogP contribution is -2.30. The fraction of sp³-hybridized carbons (Fsp3) is 0.661. The number of carbonyl (C=O) groups is 2. The lowest BCUT2D eigenvalue weighted by molar-refractivity contribution is -0.162. The molecule has 0 N–H and O–H groups in total. The summed E-state index contributed by atoms with van der Waals surface area (Å²) < 4.78 is 17.2. The van der Waals surface area contributed by atoms with Crippen molar-refractivity contribution in [2.45, 2.75) is 232 Å². The molecule has 64 heavy (non-hydrogen) atoms. The molecule has 0 amide bonds. The van der Waals surface area contributed by atoms with Gasteiger partial charge in [-0.1, -0.05) is 252 Å². The second-order valence-corrected chi connectivity index (χ2v) is 17.0. The van der Waals surface area contributed by atoms with E-state index in [1.165, 1.54) is 116 Å². The molecule has 1 atom stereocenters. The molecule has 0 saturated carbocycles. The van der Waals surface area contributed by atoms with Crippen LogP contribution in [0, 0.1) is 0 Å². The minimum atomic E-state index is -0.618. The van der Waals surface area contributed by atoms with Gasteiger partial charge < -0.3 is 14.2 Å². The maximum Gasteiger partial charge on any atom is 0.309 e. The summed E-state index contributed by atoms with van der Waals surface area (Å²) in [4.78, 5) is 25.3. The van der Waals surface area contributed by atoms with E-state index >= 15 is 0 Å². The van der Waals surface area contributed by atoms with Gasteiger partial charge in [0.05, 0.1) is 13.0 Å². The van der Waals surface area contributed by atoms with Crippen LogP contribution in [0.25, 0.3) is 0 Å². The van der Waals surface area contributed by atoms with Crippen molar-refractivity contribution in [3.05, 3.63) is 109 Å². The first-order valence-electron chi connectivity index (χ1n) is 26.4. The molecule has 0 rings (SSSR count). The Bertz CT molecular complexity index is 1280. The monoisotopic (exact) mass is 887 g/mol. The highest BCUT2D eigenvalue weighted by atomic mass is 16.6. The Morgan fingerprint density at radius 3 is 1.11 bits per heavy atom. The Balaban J connectivity index is 4.40. The van der Waals surface area contributed by atoms with Gasteiger partial charge in [0.15, 0.2) is 6.10 Å². The molecule has 0 spiro atoms. The normalized spacial score (nSPS) is 13.1. The van der Waals surface area contributed by atoms with E-state index in [1.807, 2.05) is 18.2 Å². The van der Waals surface area contributed by atoms with Crippen molar-refractivity contribution in [3.8, 4) is 0 Å². The van der Waals surface area contributed by atoms with Gasteiger partial charge >= 0.3 is 11.9 Å². The summed E-state index contributed by atoms with van der Waals surface area (Å²) in [5.74, 6) is -0.639. The van der Waals surface area contributed by atoms with Crippen LogP contribution in [0.1, 0.15) is 226 Å². The molecule has 5 nitrogen and oxygen atoms in total. The molecule has 0 bridgehead atoms. The number of carbonyl (C=O) groups excluding carboxylic acids is 2. The summed E-state index contributed by atoms with van der Waals surface area (Å²) in [6, 6.07) is 0. The van der Waals surface area contributed by atoms with Gasteiger partial charge in [0.25, 0.3) is 0 Å². The zero-order valence-electron chi connectivity index (χ0n) is 41.8. The molecule has 0 aromatic carbocycles. The van der Waals surface area contributed by atoms with E-state index in [2.05, 4.69) is 112 Å². The molecule has 0 radical (unpaired) electrons. The summed E-state index contributed by atoms with van der Waals surface area (Å²) in [5.41, 5.74) is 0. The number of unbranched alkanes of at least 4 members (excludes halogenated alkanes) is 19. The average molecular weight is 887 g/mol. The van der Waals surface area contributed by atoms with Crippen LogP contribution in [-0.4, -0.2) is 37.9 Å². The molecule has 0 aromatic heterocycles. The van der Waals surface area contributed by atoms with Crippen LogP contribution < -0.4 is 0 Å². The summed E-state index contributed by atoms with van der Waals surface area (Å²) in [5, 5.41) is 0. The summed E-state index contributed by atoms with van der Waals surface area (Å²) in [6.45, 7) is 7.42. The number of allylic oxidation sites excluding steroid dienone is 17. The lowest BCUT2D eigenvalue weighted by Gasteiger charge is -2.18. The van der Waals surface area contributed by atoms with Crippen LogP contribution in [0.5, 0.6) is 0 Å². The second kappa shape index (κ2) is 53.9. The Kier molecular flexibility index (Phi) is 51.0. The van der Waals surface area contributed by atoms with E-state index < -0.39 is 6.10 Å². The minimum Gasteiger partial charge on any atom is -0.461 e. The minimum absolute atomic E-state index is 0.00148. The summed E-state index contributed by atoms with van der Waals surface area (Å²) >= 11 is 0. The third-order valence-corrected chi connectivity index (χ3v) is 10.9. The van der Waals surface area contributed by atoms with Gasteiger partial charge in [-0.25, -0.2) is 0 Å². The zero-order valence-corrected chi connectivity index (χ0v) is 41.8. The topological polar surface area (TPSA) is 61.8 Å². The predicted octanol–water partition coefficient (Wildman–Crippen LogP) is 18.0. The zero-order chi connectivity index (χ0) is 46.3. The van der Waals surface area contributed by atoms with Crippen molar-refractivity contribution in [3.63, 3.8) is 0 Å². The third-order valence-electron chi connectivity index (χ3n) is 10.9. The fourth-order valence-electron chi connectivity index (χ4n) is 7.01. The molecule has 0 aliphatic rings. The van der Waals surface area contributed by atoms with Gasteiger partial charge in [0.1, 0.15) is 6.61 Å². The number of ether oxygens (including phenoxy) is 3. The van der Waals surface area contributed by atoms with Crippen molar-refractivity contribution in [1.82, 2.24) is 0 Å². The third kappa shape index (κ3) is 51.2. The van der Waals surface area contributed by atoms with E-state index in [4.69, 9.17) is 14.2 Å². The van der Waals surface area contributed by atoms with Gasteiger partial charge in [-0.05, 0) is 70.6 Å². The lowest BCUT2D eigenvalue weighted by atomic mass is 10.0. The number of hydrogen-bond donors (Lipinski definition) is 0. The van der Waals surface area contributed by atoms with Gasteiger partial charge in [0, 0.05) is 13.0 Å². The molecule has 0 heterocycles. The molecule has 0 aliphatic heterocycles. The second-order valence-electron chi connectivity index (χ2n) is 17.0. The SMILES string of the molecule is CC/C=C\C/C=C\C/C=C\C/C=C\C/C=C\CC(=O)OCC(COCCCCCCCCCCCCCCCCCCCCCC)OC(=O)CC/C=C\C/C=C\C/C=C\C/C=C\CC. The molecule has 1 unspecified atom stereocenters. The average Bonchev–Trinajstić information content (AvgIpc) is 3.30. The van der Waals surface area contributed by atoms with Crippen molar-refractivity contribution in [2.75, 3.05) is 19.8 Å². The van der Waals surface area contributed by atoms with Gasteiger partial charge in [0.2, 0.25) is 0 Å². The van der Waals surface area contributed by atoms with Crippen molar-refractivity contribution in [1.29, 1.82) is 0 Å². The van der Waals surface area contributed by atoms with E-state index in [0.717, 1.165) is 70.6 Å². The molecule has 0 aliphatic carbocycles. The van der Waals surface area contributed by atoms with Crippen LogP contribution in [0.2, 0.25) is 0 Å². The largest absolute Gasteiger partial charge is 0.461 e. The van der Waals surface area contributed by atoms with Crippen LogP contribution >= 0.6 is 0 Å². The summed E-state index contributed by atoms with van der Waals surface area (Å²) in [6.07, 6.45) is 74.4. The highest BCUT2D eigenvalue weighted by Gasteiger charge is 2.17. The van der Waals surface area contributed by atoms with Crippen molar-refractivity contribution >= 4 is 11.9 Å². The van der Waals surface area contributed by atoms with Gasteiger partial charge in [-0.3, -0.25) is 9.59 Å². The first kappa shape index (κ1) is 60.6. The van der Waals surface area contributed by atoms with Crippen LogP contribution in [0.4, 0.5) is 0 Å². The smallest absolute Gasteiger partial charge is 0.309 e. The molecule has 0 aromatic rings. The van der Waals surface area contributed by atoms with Crippen molar-refractivity contribution < 1.29 is 23.8 Å². The Hall–Kier alpha value is -3.44. The Morgan fingerprint density at radius 1 is 0.375 bits per heavy atom. The van der Waals surface area contributed by atoms with Crippen LogP contribution in [0.15, 0.2) is 109 Å². The molecular weight excluding hydrogens is 789 g/mol. The Labute approximate surface area is 395 Å². The molecule has 364 valence electrons. The predicted molar refractivity (Wildman–Crippen MR) is 279 cm³/mol. The fourth-order valence-corrected chi connectivity index (χ4v) is 7.01. The standard InChI is InChI=1S/C59H98O5/c1-4-7-10-13-16-19-22-25-27-28-29-30-31-33-36-39-42-45-48-51-54-62-55-57(64-59(61)53-50-47-44-41-38-34-24-21-18-15-12-9-6-3)56-63-58(60)52-49-46-43-40-37-35-32-26-23-20-17-14-11-8-5-2/h8-9,11-12,17-18,20-21,26,32,34,37-38,40,44,46-47,49,57H,4-7,10,13-16,19,22-25,27-31,33,35-36,39,41-43,45,48,50-56H2,1-3H3/b11-8-,12-9-,20-17-,21-18-,32-26-,38-34-,40-37-,47-44-,49-46-. The van der Waals surface area contributed by atoms with Gasteiger partial charge in [-0.2, -0.15) is 0 Å². The van der Waals surface area contributed by atoms with E-state index in [-0.39, 0.29) is 38.0 Å². The van der Waals surface area contributed by atoms with Crippen LogP contribution in [0.3, 0.4) is 0 Å². The molecule has 0 saturated heterocycles. The number of esters is 2. The van der Waals surface area contributed by atoms with Gasteiger partial charge in [-0.15, -0.1) is 0 Å².